The number of rotatable bonds is 4. The van der Waals surface area contributed by atoms with Gasteiger partial charge in [0.1, 0.15) is 5.60 Å². The summed E-state index contributed by atoms with van der Waals surface area (Å²) in [5.41, 5.74) is 6.77. The number of hydrogen-bond acceptors (Lipinski definition) is 4. The van der Waals surface area contributed by atoms with Gasteiger partial charge in [-0.1, -0.05) is 54.7 Å². The van der Waals surface area contributed by atoms with Crippen LogP contribution >= 0.6 is 0 Å². The van der Waals surface area contributed by atoms with Gasteiger partial charge in [0.2, 0.25) is 0 Å². The maximum atomic E-state index is 11.6. The summed E-state index contributed by atoms with van der Waals surface area (Å²) in [4.78, 5) is 13.7. The van der Waals surface area contributed by atoms with Crippen molar-refractivity contribution in [2.45, 2.75) is 86.8 Å². The molecule has 1 rings (SSSR count). The second-order valence-corrected chi connectivity index (χ2v) is 5.85. The van der Waals surface area contributed by atoms with Gasteiger partial charge >= 0.3 is 6.09 Å². The van der Waals surface area contributed by atoms with Crippen molar-refractivity contribution < 1.29 is 9.53 Å². The first-order chi connectivity index (χ1) is 13.7. The number of nitrogens with one attached hydrogen (secondary N) is 1. The van der Waals surface area contributed by atoms with E-state index in [-0.39, 0.29) is 6.04 Å². The zero-order valence-electron chi connectivity index (χ0n) is 20.5. The average Bonchev–Trinajstić information content (AvgIpc) is 3.23. The van der Waals surface area contributed by atoms with Crippen molar-refractivity contribution >= 4 is 6.09 Å². The SMILES string of the molecule is C#C.C#C.C=C(N)[C@@H]1CCCN1C(=C)CNC(=O)OC(C)(C)C.CC.CC.CC. The fraction of sp³-hybridized carbons (Fsp3) is 0.625. The Morgan fingerprint density at radius 3 is 1.83 bits per heavy atom. The first-order valence-corrected chi connectivity index (χ1v) is 10.2. The minimum Gasteiger partial charge on any atom is -0.444 e. The predicted molar refractivity (Wildman–Crippen MR) is 130 cm³/mol. The number of nitrogens with two attached hydrogens (primary N) is 1. The zero-order valence-corrected chi connectivity index (χ0v) is 20.5. The van der Waals surface area contributed by atoms with E-state index >= 15 is 0 Å². The first-order valence-electron chi connectivity index (χ1n) is 10.2. The Bertz CT molecular complexity index is 440. The van der Waals surface area contributed by atoms with Crippen molar-refractivity contribution in [2.75, 3.05) is 13.1 Å². The molecule has 0 spiro atoms. The number of carbonyl (C=O) groups is 1. The average molecular weight is 410 g/mol. The Hall–Kier alpha value is -2.53. The van der Waals surface area contributed by atoms with Crippen LogP contribution in [0.4, 0.5) is 4.79 Å². The summed E-state index contributed by atoms with van der Waals surface area (Å²) in [6.07, 6.45) is 17.6. The standard InChI is InChI=1S/C14H25N3O2.3C2H6.2C2H2/c1-10(9-16-13(18)19-14(3,4)5)17-8-6-7-12(17)11(2)15;5*1-2/h12H,1-2,6-9,15H2,3-5H3,(H,16,18);3*1-2H3;2*1-2H/t12-;;;;;/m0...../s1. The van der Waals surface area contributed by atoms with Crippen LogP contribution in [0.3, 0.4) is 0 Å². The molecule has 170 valence electrons. The molecule has 0 radical (unpaired) electrons. The third kappa shape index (κ3) is 21.6. The molecule has 1 atom stereocenters. The summed E-state index contributed by atoms with van der Waals surface area (Å²) in [5, 5.41) is 2.70. The number of hydrogen-bond donors (Lipinski definition) is 2. The molecule has 29 heavy (non-hydrogen) atoms. The minimum absolute atomic E-state index is 0.132. The maximum absolute atomic E-state index is 11.6. The molecule has 5 heteroatoms. The van der Waals surface area contributed by atoms with E-state index in [1.807, 2.05) is 62.3 Å². The van der Waals surface area contributed by atoms with Crippen molar-refractivity contribution in [3.05, 3.63) is 24.6 Å². The molecular formula is C24H47N3O2. The molecule has 0 saturated carbocycles. The maximum Gasteiger partial charge on any atom is 0.407 e. The van der Waals surface area contributed by atoms with Gasteiger partial charge < -0.3 is 20.7 Å². The molecule has 0 aromatic heterocycles. The lowest BCUT2D eigenvalue weighted by Crippen LogP contribution is -2.39. The van der Waals surface area contributed by atoms with Crippen LogP contribution in [0.15, 0.2) is 24.6 Å². The van der Waals surface area contributed by atoms with E-state index in [4.69, 9.17) is 10.5 Å². The van der Waals surface area contributed by atoms with Crippen LogP contribution < -0.4 is 11.1 Å². The molecule has 0 bridgehead atoms. The topological polar surface area (TPSA) is 67.6 Å². The van der Waals surface area contributed by atoms with Gasteiger partial charge in [-0.25, -0.2) is 4.79 Å². The third-order valence-electron chi connectivity index (χ3n) is 2.92. The van der Waals surface area contributed by atoms with Gasteiger partial charge in [0.05, 0.1) is 12.6 Å². The van der Waals surface area contributed by atoms with Gasteiger partial charge in [-0.2, -0.15) is 0 Å². The highest BCUT2D eigenvalue weighted by atomic mass is 16.6. The molecule has 1 fully saturated rings. The molecule has 0 aromatic carbocycles. The van der Waals surface area contributed by atoms with E-state index in [0.717, 1.165) is 25.1 Å². The summed E-state index contributed by atoms with van der Waals surface area (Å²) >= 11 is 0. The number of alkyl carbamates (subject to hydrolysis) is 1. The molecule has 5 nitrogen and oxygen atoms in total. The molecule has 3 N–H and O–H groups in total. The molecule has 1 aliphatic heterocycles. The number of terminal acetylenes is 2. The Morgan fingerprint density at radius 2 is 1.48 bits per heavy atom. The highest BCUT2D eigenvalue weighted by molar-refractivity contribution is 5.67. The molecule has 1 heterocycles. The summed E-state index contributed by atoms with van der Waals surface area (Å²) in [6.45, 7) is 26.5. The lowest BCUT2D eigenvalue weighted by molar-refractivity contribution is 0.0529. The second kappa shape index (κ2) is 25.5. The summed E-state index contributed by atoms with van der Waals surface area (Å²) in [6, 6.07) is 0.132. The van der Waals surface area contributed by atoms with Gasteiger partial charge in [0.15, 0.2) is 0 Å². The number of amides is 1. The number of likely N-dealkylation sites (tertiary alicyclic amines) is 1. The lowest BCUT2D eigenvalue weighted by Gasteiger charge is -2.29. The van der Waals surface area contributed by atoms with Crippen molar-refractivity contribution in [3.63, 3.8) is 0 Å². The van der Waals surface area contributed by atoms with Crippen LogP contribution in [-0.4, -0.2) is 35.7 Å². The van der Waals surface area contributed by atoms with Crippen LogP contribution in [0.5, 0.6) is 0 Å². The van der Waals surface area contributed by atoms with Crippen molar-refractivity contribution in [1.29, 1.82) is 0 Å². The highest BCUT2D eigenvalue weighted by Crippen LogP contribution is 2.23. The van der Waals surface area contributed by atoms with Gasteiger partial charge in [0, 0.05) is 17.9 Å². The second-order valence-electron chi connectivity index (χ2n) is 5.85. The Labute approximate surface area is 182 Å². The van der Waals surface area contributed by atoms with E-state index in [1.165, 1.54) is 0 Å². The molecule has 1 aliphatic rings. The Balaban J connectivity index is -0.000000167. The Kier molecular flexibility index (Phi) is 32.7. The molecule has 1 amide bonds. The van der Waals surface area contributed by atoms with Crippen LogP contribution in [0.25, 0.3) is 0 Å². The first kappa shape index (κ1) is 37.3. The summed E-state index contributed by atoms with van der Waals surface area (Å²) in [7, 11) is 0. The highest BCUT2D eigenvalue weighted by Gasteiger charge is 2.26. The molecule has 0 aliphatic carbocycles. The van der Waals surface area contributed by atoms with Gasteiger partial charge in [-0.05, 0) is 33.6 Å². The smallest absolute Gasteiger partial charge is 0.407 e. The van der Waals surface area contributed by atoms with Crippen LogP contribution in [0.1, 0.15) is 75.2 Å². The fourth-order valence-corrected chi connectivity index (χ4v) is 2.12. The lowest BCUT2D eigenvalue weighted by atomic mass is 10.1. The zero-order chi connectivity index (χ0) is 24.6. The quantitative estimate of drug-likeness (QED) is 0.598. The van der Waals surface area contributed by atoms with E-state index in [1.54, 1.807) is 0 Å². The molecule has 0 unspecified atom stereocenters. The Morgan fingerprint density at radius 1 is 1.07 bits per heavy atom. The van der Waals surface area contributed by atoms with E-state index in [9.17, 15) is 4.79 Å². The largest absolute Gasteiger partial charge is 0.444 e. The van der Waals surface area contributed by atoms with Gasteiger partial charge in [0.25, 0.3) is 0 Å². The van der Waals surface area contributed by atoms with Gasteiger partial charge in [-0.15, -0.1) is 25.7 Å². The molecule has 0 aromatic rings. The van der Waals surface area contributed by atoms with Crippen molar-refractivity contribution in [2.24, 2.45) is 5.73 Å². The molecule has 1 saturated heterocycles. The fourth-order valence-electron chi connectivity index (χ4n) is 2.12. The van der Waals surface area contributed by atoms with Gasteiger partial charge in [-0.3, -0.25) is 0 Å². The normalized spacial score (nSPS) is 13.3. The van der Waals surface area contributed by atoms with E-state index in [2.05, 4.69) is 49.1 Å². The third-order valence-corrected chi connectivity index (χ3v) is 2.92. The summed E-state index contributed by atoms with van der Waals surface area (Å²) < 4.78 is 5.17. The summed E-state index contributed by atoms with van der Waals surface area (Å²) in [5.74, 6) is 0. The van der Waals surface area contributed by atoms with E-state index < -0.39 is 11.7 Å². The number of carbonyl (C=O) groups excluding carboxylic acids is 1. The molecular weight excluding hydrogens is 362 g/mol. The number of nitrogens with zero attached hydrogens (tertiary/aromatic N) is 1. The minimum atomic E-state index is -0.493. The van der Waals surface area contributed by atoms with Crippen LogP contribution in [-0.2, 0) is 4.74 Å². The van der Waals surface area contributed by atoms with E-state index in [0.29, 0.717) is 12.2 Å². The van der Waals surface area contributed by atoms with Crippen molar-refractivity contribution in [1.82, 2.24) is 10.2 Å². The van der Waals surface area contributed by atoms with Crippen LogP contribution in [0.2, 0.25) is 0 Å². The predicted octanol–water partition coefficient (Wildman–Crippen LogP) is 5.54. The van der Waals surface area contributed by atoms with Crippen molar-refractivity contribution in [3.8, 4) is 25.7 Å². The number of ether oxygens (including phenoxy) is 1. The van der Waals surface area contributed by atoms with Crippen LogP contribution in [0, 0.1) is 25.7 Å². The monoisotopic (exact) mass is 409 g/mol.